The number of hydrogen-bond donors (Lipinski definition) is 1. The Bertz CT molecular complexity index is 613. The zero-order chi connectivity index (χ0) is 12.4. The molecule has 0 aliphatic carbocycles. The molecule has 0 aliphatic heterocycles. The standard InChI is InChI=1S/C11H11NO4S/c1-12-8-6-7(17-5-4-10(13)14)2-3-9(8)16-11(12)15/h2-3,6H,4-5H2,1H3,(H,13,14). The number of carboxylic acids is 1. The Hall–Kier alpha value is -1.69. The molecule has 2 aromatic rings. The maximum Gasteiger partial charge on any atom is 0.419 e. The molecule has 0 saturated heterocycles. The highest BCUT2D eigenvalue weighted by molar-refractivity contribution is 7.99. The van der Waals surface area contributed by atoms with E-state index < -0.39 is 11.7 Å². The van der Waals surface area contributed by atoms with E-state index in [1.807, 2.05) is 12.1 Å². The number of benzene rings is 1. The van der Waals surface area contributed by atoms with Crippen LogP contribution in [0, 0.1) is 0 Å². The van der Waals surface area contributed by atoms with Crippen LogP contribution < -0.4 is 5.76 Å². The van der Waals surface area contributed by atoms with E-state index in [1.54, 1.807) is 13.1 Å². The van der Waals surface area contributed by atoms with Gasteiger partial charge in [0.15, 0.2) is 5.58 Å². The summed E-state index contributed by atoms with van der Waals surface area (Å²) in [6, 6.07) is 5.37. The van der Waals surface area contributed by atoms with E-state index in [0.29, 0.717) is 11.3 Å². The van der Waals surface area contributed by atoms with E-state index in [2.05, 4.69) is 0 Å². The van der Waals surface area contributed by atoms with Gasteiger partial charge in [-0.05, 0) is 18.2 Å². The molecule has 1 heterocycles. The third-order valence-electron chi connectivity index (χ3n) is 2.35. The second kappa shape index (κ2) is 4.67. The summed E-state index contributed by atoms with van der Waals surface area (Å²) in [6.45, 7) is 0. The maximum atomic E-state index is 11.3. The van der Waals surface area contributed by atoms with E-state index in [9.17, 15) is 9.59 Å². The summed E-state index contributed by atoms with van der Waals surface area (Å²) in [5.41, 5.74) is 1.26. The maximum absolute atomic E-state index is 11.3. The predicted octanol–water partition coefficient (Wildman–Crippen LogP) is 1.70. The van der Waals surface area contributed by atoms with Crippen LogP contribution in [-0.2, 0) is 11.8 Å². The first-order valence-corrected chi connectivity index (χ1v) is 6.00. The fourth-order valence-corrected chi connectivity index (χ4v) is 2.32. The smallest absolute Gasteiger partial charge is 0.419 e. The van der Waals surface area contributed by atoms with Gasteiger partial charge in [-0.3, -0.25) is 9.36 Å². The average molecular weight is 253 g/mol. The molecule has 0 unspecified atom stereocenters. The number of carboxylic acid groups (broad SMARTS) is 1. The fraction of sp³-hybridized carbons (Fsp3) is 0.273. The molecule has 5 nitrogen and oxygen atoms in total. The number of aliphatic carboxylic acids is 1. The number of rotatable bonds is 4. The molecule has 0 aliphatic rings. The molecule has 1 aromatic carbocycles. The quantitative estimate of drug-likeness (QED) is 0.839. The van der Waals surface area contributed by atoms with Crippen molar-refractivity contribution in [3.05, 3.63) is 28.7 Å². The molecule has 0 radical (unpaired) electrons. The van der Waals surface area contributed by atoms with Crippen LogP contribution >= 0.6 is 11.8 Å². The van der Waals surface area contributed by atoms with Crippen molar-refractivity contribution < 1.29 is 14.3 Å². The third-order valence-corrected chi connectivity index (χ3v) is 3.34. The Morgan fingerprint density at radius 3 is 3.00 bits per heavy atom. The van der Waals surface area contributed by atoms with Crippen molar-refractivity contribution in [3.8, 4) is 0 Å². The van der Waals surface area contributed by atoms with Crippen LogP contribution in [0.1, 0.15) is 6.42 Å². The fourth-order valence-electron chi connectivity index (χ4n) is 1.45. The van der Waals surface area contributed by atoms with Gasteiger partial charge in [0.05, 0.1) is 11.9 Å². The van der Waals surface area contributed by atoms with Crippen molar-refractivity contribution in [2.24, 2.45) is 7.05 Å². The van der Waals surface area contributed by atoms with Crippen molar-refractivity contribution in [3.63, 3.8) is 0 Å². The van der Waals surface area contributed by atoms with Crippen molar-refractivity contribution in [1.82, 2.24) is 4.57 Å². The van der Waals surface area contributed by atoms with Gasteiger partial charge in [-0.25, -0.2) is 4.79 Å². The summed E-state index contributed by atoms with van der Waals surface area (Å²) in [5.74, 6) is -0.700. The number of nitrogens with zero attached hydrogens (tertiary/aromatic N) is 1. The normalized spacial score (nSPS) is 10.9. The topological polar surface area (TPSA) is 72.4 Å². The minimum Gasteiger partial charge on any atom is -0.481 e. The molecule has 17 heavy (non-hydrogen) atoms. The number of oxazole rings is 1. The van der Waals surface area contributed by atoms with E-state index in [-0.39, 0.29) is 6.42 Å². The molecule has 2 rings (SSSR count). The second-order valence-electron chi connectivity index (χ2n) is 3.55. The lowest BCUT2D eigenvalue weighted by molar-refractivity contribution is -0.136. The number of aryl methyl sites for hydroxylation is 1. The zero-order valence-corrected chi connectivity index (χ0v) is 9.99. The zero-order valence-electron chi connectivity index (χ0n) is 9.17. The summed E-state index contributed by atoms with van der Waals surface area (Å²) in [4.78, 5) is 22.6. The highest BCUT2D eigenvalue weighted by Gasteiger charge is 2.07. The van der Waals surface area contributed by atoms with Gasteiger partial charge in [0.1, 0.15) is 0 Å². The lowest BCUT2D eigenvalue weighted by Crippen LogP contribution is -2.08. The van der Waals surface area contributed by atoms with E-state index >= 15 is 0 Å². The Labute approximate surface area is 101 Å². The molecule has 0 amide bonds. The molecule has 90 valence electrons. The molecular formula is C11H11NO4S. The number of carbonyl (C=O) groups is 1. The van der Waals surface area contributed by atoms with Crippen LogP contribution in [-0.4, -0.2) is 21.4 Å². The van der Waals surface area contributed by atoms with E-state index in [0.717, 1.165) is 10.4 Å². The predicted molar refractivity (Wildman–Crippen MR) is 64.4 cm³/mol. The van der Waals surface area contributed by atoms with Gasteiger partial charge in [0.25, 0.3) is 0 Å². The van der Waals surface area contributed by atoms with Crippen LogP contribution in [0.25, 0.3) is 11.1 Å². The molecule has 6 heteroatoms. The van der Waals surface area contributed by atoms with Crippen LogP contribution in [0.2, 0.25) is 0 Å². The van der Waals surface area contributed by atoms with Crippen molar-refractivity contribution >= 4 is 28.8 Å². The second-order valence-corrected chi connectivity index (χ2v) is 4.72. The monoisotopic (exact) mass is 253 g/mol. The Balaban J connectivity index is 2.22. The van der Waals surface area contributed by atoms with Crippen LogP contribution in [0.5, 0.6) is 0 Å². The van der Waals surface area contributed by atoms with Gasteiger partial charge in [0, 0.05) is 17.7 Å². The van der Waals surface area contributed by atoms with E-state index in [4.69, 9.17) is 9.52 Å². The summed E-state index contributed by atoms with van der Waals surface area (Å²) in [7, 11) is 1.64. The van der Waals surface area contributed by atoms with Crippen LogP contribution in [0.15, 0.2) is 32.3 Å². The van der Waals surface area contributed by atoms with Crippen LogP contribution in [0.3, 0.4) is 0 Å². The minimum atomic E-state index is -0.811. The first kappa shape index (κ1) is 11.8. The number of fused-ring (bicyclic) bond motifs is 1. The van der Waals surface area contributed by atoms with Gasteiger partial charge in [-0.15, -0.1) is 11.8 Å². The number of thioether (sulfide) groups is 1. The first-order valence-electron chi connectivity index (χ1n) is 5.02. The van der Waals surface area contributed by atoms with Crippen molar-refractivity contribution in [1.29, 1.82) is 0 Å². The summed E-state index contributed by atoms with van der Waals surface area (Å²) < 4.78 is 6.43. The van der Waals surface area contributed by atoms with Gasteiger partial charge in [0.2, 0.25) is 0 Å². The number of aromatic nitrogens is 1. The van der Waals surface area contributed by atoms with Gasteiger partial charge < -0.3 is 9.52 Å². The van der Waals surface area contributed by atoms with Gasteiger partial charge >= 0.3 is 11.7 Å². The summed E-state index contributed by atoms with van der Waals surface area (Å²) in [5, 5.41) is 8.54. The Morgan fingerprint density at radius 1 is 1.53 bits per heavy atom. The average Bonchev–Trinajstić information content (AvgIpc) is 2.55. The Kier molecular flexibility index (Phi) is 3.23. The molecule has 1 N–H and O–H groups in total. The highest BCUT2D eigenvalue weighted by atomic mass is 32.2. The van der Waals surface area contributed by atoms with Gasteiger partial charge in [-0.1, -0.05) is 0 Å². The third kappa shape index (κ3) is 2.52. The summed E-state index contributed by atoms with van der Waals surface area (Å²) in [6.07, 6.45) is 0.118. The molecule has 0 atom stereocenters. The van der Waals surface area contributed by atoms with Crippen molar-refractivity contribution in [2.45, 2.75) is 11.3 Å². The Morgan fingerprint density at radius 2 is 2.29 bits per heavy atom. The molecule has 1 aromatic heterocycles. The molecule has 0 spiro atoms. The highest BCUT2D eigenvalue weighted by Crippen LogP contribution is 2.23. The summed E-state index contributed by atoms with van der Waals surface area (Å²) >= 11 is 1.44. The molecule has 0 saturated carbocycles. The van der Waals surface area contributed by atoms with Crippen LogP contribution in [0.4, 0.5) is 0 Å². The lowest BCUT2D eigenvalue weighted by atomic mass is 10.3. The molecule has 0 bridgehead atoms. The minimum absolute atomic E-state index is 0.118. The number of hydrogen-bond acceptors (Lipinski definition) is 4. The lowest BCUT2D eigenvalue weighted by Gasteiger charge is -2.00. The SMILES string of the molecule is Cn1c(=O)oc2ccc(SCCC(=O)O)cc21. The van der Waals surface area contributed by atoms with E-state index in [1.165, 1.54) is 16.3 Å². The molecule has 0 fully saturated rings. The van der Waals surface area contributed by atoms with Crippen molar-refractivity contribution in [2.75, 3.05) is 5.75 Å². The molecular weight excluding hydrogens is 242 g/mol. The first-order chi connectivity index (χ1) is 8.08. The van der Waals surface area contributed by atoms with Gasteiger partial charge in [-0.2, -0.15) is 0 Å². The largest absolute Gasteiger partial charge is 0.481 e.